The van der Waals surface area contributed by atoms with Crippen molar-refractivity contribution in [2.24, 2.45) is 0 Å². The van der Waals surface area contributed by atoms with E-state index >= 15 is 0 Å². The zero-order valence-corrected chi connectivity index (χ0v) is 14.1. The van der Waals surface area contributed by atoms with E-state index in [0.29, 0.717) is 5.92 Å². The highest BCUT2D eigenvalue weighted by Crippen LogP contribution is 2.53. The molecule has 1 saturated heterocycles. The van der Waals surface area contributed by atoms with Crippen molar-refractivity contribution in [3.05, 3.63) is 65.2 Å². The van der Waals surface area contributed by atoms with Crippen molar-refractivity contribution in [3.8, 4) is 5.75 Å². The van der Waals surface area contributed by atoms with Crippen LogP contribution in [0.1, 0.15) is 54.2 Å². The quantitative estimate of drug-likeness (QED) is 0.904. The summed E-state index contributed by atoms with van der Waals surface area (Å²) in [6, 6.07) is 17.8. The Bertz CT molecular complexity index is 732. The van der Waals surface area contributed by atoms with Crippen molar-refractivity contribution in [2.45, 2.75) is 42.9 Å². The molecule has 1 saturated carbocycles. The minimum absolute atomic E-state index is 0.181. The summed E-state index contributed by atoms with van der Waals surface area (Å²) in [4.78, 5) is 0. The molecule has 1 N–H and O–H groups in total. The Morgan fingerprint density at radius 2 is 1.79 bits per heavy atom. The fraction of sp³-hybridized carbons (Fsp3) is 0.455. The molecule has 3 aliphatic rings. The number of benzene rings is 2. The normalized spacial score (nSPS) is 28.2. The molecule has 0 amide bonds. The molecular weight excluding hydrogens is 294 g/mol. The van der Waals surface area contributed by atoms with Gasteiger partial charge in [0.05, 0.1) is 12.0 Å². The number of fused-ring (bicyclic) bond motifs is 4. The largest absolute Gasteiger partial charge is 0.493 e. The smallest absolute Gasteiger partial charge is 0.119 e. The molecule has 2 aromatic carbocycles. The average Bonchev–Trinajstić information content (AvgIpc) is 3.28. The third-order valence-corrected chi connectivity index (χ3v) is 6.53. The van der Waals surface area contributed by atoms with E-state index in [1.54, 1.807) is 0 Å². The number of hydrogen-bond acceptors (Lipinski definition) is 2. The molecule has 2 heteroatoms. The van der Waals surface area contributed by atoms with Crippen molar-refractivity contribution in [2.75, 3.05) is 19.7 Å². The zero-order chi connectivity index (χ0) is 16.0. The average molecular weight is 319 g/mol. The molecule has 1 aliphatic heterocycles. The van der Waals surface area contributed by atoms with E-state index in [0.717, 1.165) is 31.4 Å². The van der Waals surface area contributed by atoms with E-state index in [-0.39, 0.29) is 5.41 Å². The first-order valence-corrected chi connectivity index (χ1v) is 9.40. The molecule has 0 radical (unpaired) electrons. The van der Waals surface area contributed by atoms with Crippen molar-refractivity contribution in [1.82, 2.24) is 5.32 Å². The van der Waals surface area contributed by atoms with Gasteiger partial charge in [0, 0.05) is 19.0 Å². The van der Waals surface area contributed by atoms with E-state index in [1.807, 2.05) is 0 Å². The van der Waals surface area contributed by atoms with Crippen LogP contribution >= 0.6 is 0 Å². The summed E-state index contributed by atoms with van der Waals surface area (Å²) in [5, 5.41) is 3.57. The van der Waals surface area contributed by atoms with Gasteiger partial charge in [-0.25, -0.2) is 0 Å². The molecule has 5 rings (SSSR count). The second-order valence-corrected chi connectivity index (χ2v) is 7.77. The second kappa shape index (κ2) is 5.63. The molecule has 2 fully saturated rings. The molecule has 0 unspecified atom stereocenters. The monoisotopic (exact) mass is 319 g/mol. The third-order valence-electron chi connectivity index (χ3n) is 6.53. The Morgan fingerprint density at radius 3 is 2.62 bits per heavy atom. The van der Waals surface area contributed by atoms with Crippen LogP contribution in [0, 0.1) is 0 Å². The fourth-order valence-corrected chi connectivity index (χ4v) is 5.16. The maximum absolute atomic E-state index is 6.25. The molecule has 0 aromatic heterocycles. The lowest BCUT2D eigenvalue weighted by atomic mass is 9.58. The van der Waals surface area contributed by atoms with E-state index in [9.17, 15) is 0 Å². The van der Waals surface area contributed by atoms with Crippen LogP contribution in [0.4, 0.5) is 0 Å². The first kappa shape index (κ1) is 14.5. The predicted molar refractivity (Wildman–Crippen MR) is 96.9 cm³/mol. The van der Waals surface area contributed by atoms with E-state index < -0.39 is 0 Å². The maximum atomic E-state index is 6.25. The van der Waals surface area contributed by atoms with Gasteiger partial charge in [0.1, 0.15) is 5.75 Å². The maximum Gasteiger partial charge on any atom is 0.119 e. The summed E-state index contributed by atoms with van der Waals surface area (Å²) < 4.78 is 6.25. The molecule has 24 heavy (non-hydrogen) atoms. The molecule has 0 spiro atoms. The molecular formula is C22H25NO. The lowest BCUT2D eigenvalue weighted by Crippen LogP contribution is -2.48. The standard InChI is InChI=1S/C22H25NO/c1-2-6-16(5-1)17-9-11-18(12-10-17)24-15-22-14-23-13-21(22)19-7-3-4-8-20(19)22/h3-4,7-12,16,21,23H,1-2,5-6,13-15H2/t21-,22-/m1/s1. The van der Waals surface area contributed by atoms with Crippen LogP contribution in [-0.4, -0.2) is 19.7 Å². The van der Waals surface area contributed by atoms with Gasteiger partial charge in [0.15, 0.2) is 0 Å². The third kappa shape index (κ3) is 2.12. The summed E-state index contributed by atoms with van der Waals surface area (Å²) in [5.41, 5.74) is 4.68. The fourth-order valence-electron chi connectivity index (χ4n) is 5.16. The van der Waals surface area contributed by atoms with Crippen molar-refractivity contribution >= 4 is 0 Å². The summed E-state index contributed by atoms with van der Waals surface area (Å²) in [7, 11) is 0. The molecule has 0 bridgehead atoms. The Labute approximate surface area is 144 Å². The number of hydrogen-bond donors (Lipinski definition) is 1. The highest BCUT2D eigenvalue weighted by Gasteiger charge is 2.54. The van der Waals surface area contributed by atoms with E-state index in [2.05, 4.69) is 53.8 Å². The van der Waals surface area contributed by atoms with Crippen LogP contribution in [0.25, 0.3) is 0 Å². The molecule has 1 heterocycles. The summed E-state index contributed by atoms with van der Waals surface area (Å²) in [6.07, 6.45) is 5.49. The van der Waals surface area contributed by atoms with Crippen LogP contribution in [0.15, 0.2) is 48.5 Å². The molecule has 2 atom stereocenters. The molecule has 124 valence electrons. The van der Waals surface area contributed by atoms with Crippen LogP contribution < -0.4 is 10.1 Å². The van der Waals surface area contributed by atoms with Crippen LogP contribution in [0.5, 0.6) is 5.75 Å². The predicted octanol–water partition coefficient (Wildman–Crippen LogP) is 4.36. The molecule has 2 aromatic rings. The first-order valence-electron chi connectivity index (χ1n) is 9.40. The van der Waals surface area contributed by atoms with Gasteiger partial charge in [0.25, 0.3) is 0 Å². The van der Waals surface area contributed by atoms with E-state index in [4.69, 9.17) is 4.74 Å². The highest BCUT2D eigenvalue weighted by atomic mass is 16.5. The molecule has 2 nitrogen and oxygen atoms in total. The topological polar surface area (TPSA) is 21.3 Å². The lowest BCUT2D eigenvalue weighted by molar-refractivity contribution is 0.190. The van der Waals surface area contributed by atoms with Crippen molar-refractivity contribution in [3.63, 3.8) is 0 Å². The van der Waals surface area contributed by atoms with Gasteiger partial charge in [-0.2, -0.15) is 0 Å². The van der Waals surface area contributed by atoms with Gasteiger partial charge in [-0.3, -0.25) is 0 Å². The van der Waals surface area contributed by atoms with Crippen LogP contribution in [0.3, 0.4) is 0 Å². The summed E-state index contributed by atoms with van der Waals surface area (Å²) >= 11 is 0. The summed E-state index contributed by atoms with van der Waals surface area (Å²) in [6.45, 7) is 2.90. The minimum atomic E-state index is 0.181. The Kier molecular flexibility index (Phi) is 3.41. The van der Waals surface area contributed by atoms with Crippen LogP contribution in [0.2, 0.25) is 0 Å². The van der Waals surface area contributed by atoms with Gasteiger partial charge in [-0.1, -0.05) is 49.2 Å². The minimum Gasteiger partial charge on any atom is -0.493 e. The molecule has 2 aliphatic carbocycles. The number of nitrogens with one attached hydrogen (secondary N) is 1. The summed E-state index contributed by atoms with van der Waals surface area (Å²) in [5.74, 6) is 2.41. The Balaban J connectivity index is 1.31. The first-order chi connectivity index (χ1) is 11.9. The van der Waals surface area contributed by atoms with Gasteiger partial charge >= 0.3 is 0 Å². The van der Waals surface area contributed by atoms with Gasteiger partial charge in [-0.05, 0) is 47.6 Å². The van der Waals surface area contributed by atoms with Gasteiger partial charge < -0.3 is 10.1 Å². The van der Waals surface area contributed by atoms with Gasteiger partial charge in [0.2, 0.25) is 0 Å². The lowest BCUT2D eigenvalue weighted by Gasteiger charge is -2.46. The zero-order valence-electron chi connectivity index (χ0n) is 14.1. The van der Waals surface area contributed by atoms with Crippen molar-refractivity contribution < 1.29 is 4.74 Å². The number of ether oxygens (including phenoxy) is 1. The van der Waals surface area contributed by atoms with E-state index in [1.165, 1.54) is 42.4 Å². The second-order valence-electron chi connectivity index (χ2n) is 7.77. The SMILES string of the molecule is c1ccc2c(c1)[C@H]1CNC[C@@]21COc1ccc(C2CCCC2)cc1. The van der Waals surface area contributed by atoms with Gasteiger partial charge in [-0.15, -0.1) is 0 Å². The van der Waals surface area contributed by atoms with Crippen LogP contribution in [-0.2, 0) is 5.41 Å². The Hall–Kier alpha value is -1.80. The Morgan fingerprint density at radius 1 is 1.00 bits per heavy atom. The highest BCUT2D eigenvalue weighted by molar-refractivity contribution is 5.53. The number of rotatable bonds is 4. The van der Waals surface area contributed by atoms with Crippen molar-refractivity contribution in [1.29, 1.82) is 0 Å².